The van der Waals surface area contributed by atoms with E-state index in [1.54, 1.807) is 0 Å². The highest BCUT2D eigenvalue weighted by atomic mass is 35.5. The van der Waals surface area contributed by atoms with Crippen molar-refractivity contribution in [1.82, 2.24) is 14.9 Å². The Morgan fingerprint density at radius 2 is 1.86 bits per heavy atom. The quantitative estimate of drug-likeness (QED) is 0.467. The number of hydrogen-bond donors (Lipinski definition) is 3. The summed E-state index contributed by atoms with van der Waals surface area (Å²) in [4.78, 5) is 21.2. The topological polar surface area (TPSA) is 72.1 Å². The first kappa shape index (κ1) is 17.3. The first-order valence-electron chi connectivity index (χ1n) is 9.45. The lowest BCUT2D eigenvalue weighted by atomic mass is 10.0. The number of aromatic amines is 2. The van der Waals surface area contributed by atoms with Gasteiger partial charge in [0.1, 0.15) is 0 Å². The van der Waals surface area contributed by atoms with Gasteiger partial charge in [-0.25, -0.2) is 0 Å². The Kier molecular flexibility index (Phi) is 4.14. The summed E-state index contributed by atoms with van der Waals surface area (Å²) in [6, 6.07) is 11.7. The molecule has 1 aliphatic rings. The molecule has 6 heteroatoms. The van der Waals surface area contributed by atoms with E-state index in [2.05, 4.69) is 16.0 Å². The number of amides is 1. The third-order valence-corrected chi connectivity index (χ3v) is 5.93. The van der Waals surface area contributed by atoms with Crippen LogP contribution < -0.4 is 0 Å². The first-order valence-corrected chi connectivity index (χ1v) is 9.83. The second-order valence-corrected chi connectivity index (χ2v) is 7.79. The number of nitrogens with zero attached hydrogens (tertiary/aromatic N) is 1. The van der Waals surface area contributed by atoms with Crippen LogP contribution in [0.5, 0.6) is 0 Å². The van der Waals surface area contributed by atoms with Gasteiger partial charge in [-0.1, -0.05) is 17.7 Å². The summed E-state index contributed by atoms with van der Waals surface area (Å²) in [5, 5.41) is 13.4. The molecule has 5 rings (SSSR count). The lowest BCUT2D eigenvalue weighted by molar-refractivity contribution is 0.0546. The smallest absolute Gasteiger partial charge is 0.253 e. The molecule has 28 heavy (non-hydrogen) atoms. The Labute approximate surface area is 166 Å². The van der Waals surface area contributed by atoms with Gasteiger partial charge in [0.25, 0.3) is 5.91 Å². The number of halogens is 1. The van der Waals surface area contributed by atoms with Crippen LogP contribution in [0.1, 0.15) is 23.2 Å². The molecule has 0 aliphatic carbocycles. The summed E-state index contributed by atoms with van der Waals surface area (Å²) < 4.78 is 0. The number of carbonyl (C=O) groups excluding carboxylic acids is 1. The summed E-state index contributed by atoms with van der Waals surface area (Å²) in [7, 11) is 0. The van der Waals surface area contributed by atoms with Gasteiger partial charge in [-0.2, -0.15) is 0 Å². The van der Waals surface area contributed by atoms with Gasteiger partial charge in [-0.3, -0.25) is 4.79 Å². The van der Waals surface area contributed by atoms with Crippen LogP contribution in [-0.2, 0) is 0 Å². The number of piperidine rings is 1. The standard InChI is InChI=1S/C22H20ClN3O2/c23-19-3-2-16(17-11-24-12-18(17)19)21-10-14-9-13(1-4-20(14)25-21)22(28)26-7-5-15(27)6-8-26/h1-4,9-12,15,24-25,27H,5-8H2. The maximum Gasteiger partial charge on any atom is 0.253 e. The second kappa shape index (κ2) is 6.69. The Morgan fingerprint density at radius 1 is 1.07 bits per heavy atom. The van der Waals surface area contributed by atoms with Crippen molar-refractivity contribution in [2.75, 3.05) is 13.1 Å². The molecule has 5 nitrogen and oxygen atoms in total. The Hall–Kier alpha value is -2.76. The van der Waals surface area contributed by atoms with E-state index >= 15 is 0 Å². The van der Waals surface area contributed by atoms with Crippen molar-refractivity contribution in [2.45, 2.75) is 18.9 Å². The first-order chi connectivity index (χ1) is 13.6. The predicted molar refractivity (Wildman–Crippen MR) is 112 cm³/mol. The number of likely N-dealkylation sites (tertiary alicyclic amines) is 1. The molecule has 0 spiro atoms. The van der Waals surface area contributed by atoms with Crippen LogP contribution in [0.25, 0.3) is 32.9 Å². The third kappa shape index (κ3) is 2.87. The van der Waals surface area contributed by atoms with E-state index in [1.165, 1.54) is 0 Å². The molecule has 2 aromatic heterocycles. The van der Waals surface area contributed by atoms with E-state index in [-0.39, 0.29) is 12.0 Å². The number of H-pyrrole nitrogens is 2. The summed E-state index contributed by atoms with van der Waals surface area (Å²) in [5.74, 6) is 0.0241. The Morgan fingerprint density at radius 3 is 2.68 bits per heavy atom. The number of benzene rings is 2. The molecule has 0 radical (unpaired) electrons. The van der Waals surface area contributed by atoms with Crippen LogP contribution in [0.3, 0.4) is 0 Å². The zero-order valence-corrected chi connectivity index (χ0v) is 16.0. The van der Waals surface area contributed by atoms with Crippen molar-refractivity contribution >= 4 is 39.2 Å². The summed E-state index contributed by atoms with van der Waals surface area (Å²) >= 11 is 6.29. The van der Waals surface area contributed by atoms with Gasteiger partial charge in [0.15, 0.2) is 0 Å². The maximum absolute atomic E-state index is 12.8. The Bertz CT molecular complexity index is 1190. The minimum Gasteiger partial charge on any atom is -0.393 e. The number of aliphatic hydroxyl groups is 1. The molecule has 2 aromatic carbocycles. The van der Waals surface area contributed by atoms with Gasteiger partial charge in [-0.15, -0.1) is 0 Å². The Balaban J connectivity index is 1.51. The van der Waals surface area contributed by atoms with Crippen molar-refractivity contribution in [2.24, 2.45) is 0 Å². The number of carbonyl (C=O) groups is 1. The van der Waals surface area contributed by atoms with E-state index in [9.17, 15) is 9.90 Å². The molecule has 0 atom stereocenters. The highest BCUT2D eigenvalue weighted by molar-refractivity contribution is 6.36. The van der Waals surface area contributed by atoms with E-state index in [4.69, 9.17) is 11.6 Å². The summed E-state index contributed by atoms with van der Waals surface area (Å²) in [5.41, 5.74) is 3.72. The minimum atomic E-state index is -0.289. The minimum absolute atomic E-state index is 0.0241. The van der Waals surface area contributed by atoms with E-state index in [0.717, 1.165) is 38.0 Å². The maximum atomic E-state index is 12.8. The lowest BCUT2D eigenvalue weighted by Crippen LogP contribution is -2.40. The number of fused-ring (bicyclic) bond motifs is 2. The fourth-order valence-electron chi connectivity index (χ4n) is 4.02. The van der Waals surface area contributed by atoms with Crippen molar-refractivity contribution in [3.05, 3.63) is 59.4 Å². The zero-order chi connectivity index (χ0) is 19.3. The molecule has 0 saturated carbocycles. The van der Waals surface area contributed by atoms with Crippen LogP contribution in [0.15, 0.2) is 48.8 Å². The molecule has 0 unspecified atom stereocenters. The largest absolute Gasteiger partial charge is 0.393 e. The van der Waals surface area contributed by atoms with Crippen LogP contribution in [-0.4, -0.2) is 45.1 Å². The molecule has 1 fully saturated rings. The van der Waals surface area contributed by atoms with Gasteiger partial charge >= 0.3 is 0 Å². The molecule has 142 valence electrons. The highest BCUT2D eigenvalue weighted by Gasteiger charge is 2.22. The van der Waals surface area contributed by atoms with E-state index in [1.807, 2.05) is 47.6 Å². The molecular weight excluding hydrogens is 374 g/mol. The molecular formula is C22H20ClN3O2. The molecule has 4 aromatic rings. The predicted octanol–water partition coefficient (Wildman–Crippen LogP) is 4.57. The third-order valence-electron chi connectivity index (χ3n) is 5.60. The summed E-state index contributed by atoms with van der Waals surface area (Å²) in [6.45, 7) is 1.21. The monoisotopic (exact) mass is 393 g/mol. The van der Waals surface area contributed by atoms with Crippen LogP contribution in [0.4, 0.5) is 0 Å². The lowest BCUT2D eigenvalue weighted by Gasteiger charge is -2.29. The average molecular weight is 394 g/mol. The fraction of sp³-hybridized carbons (Fsp3) is 0.227. The van der Waals surface area contributed by atoms with Gasteiger partial charge < -0.3 is 20.0 Å². The molecule has 1 saturated heterocycles. The second-order valence-electron chi connectivity index (χ2n) is 7.39. The number of aromatic nitrogens is 2. The van der Waals surface area contributed by atoms with E-state index in [0.29, 0.717) is 31.5 Å². The number of rotatable bonds is 2. The normalized spacial score (nSPS) is 15.6. The van der Waals surface area contributed by atoms with Crippen LogP contribution in [0, 0.1) is 0 Å². The average Bonchev–Trinajstić information content (AvgIpc) is 3.35. The van der Waals surface area contributed by atoms with E-state index < -0.39 is 0 Å². The zero-order valence-electron chi connectivity index (χ0n) is 15.2. The SMILES string of the molecule is O=C(c1ccc2[nH]c(-c3ccc(Cl)c4c[nH]cc34)cc2c1)N1CCC(O)CC1. The fourth-order valence-corrected chi connectivity index (χ4v) is 4.24. The molecule has 3 heterocycles. The summed E-state index contributed by atoms with van der Waals surface area (Å²) in [6.07, 6.45) is 4.85. The molecule has 0 bridgehead atoms. The van der Waals surface area contributed by atoms with Gasteiger partial charge in [0, 0.05) is 69.0 Å². The van der Waals surface area contributed by atoms with Crippen molar-refractivity contribution in [3.8, 4) is 11.3 Å². The highest BCUT2D eigenvalue weighted by Crippen LogP contribution is 2.34. The van der Waals surface area contributed by atoms with Crippen LogP contribution >= 0.6 is 11.6 Å². The van der Waals surface area contributed by atoms with Gasteiger partial charge in [-0.05, 0) is 43.2 Å². The van der Waals surface area contributed by atoms with Crippen molar-refractivity contribution in [3.63, 3.8) is 0 Å². The van der Waals surface area contributed by atoms with Gasteiger partial charge in [0.2, 0.25) is 0 Å². The molecule has 1 amide bonds. The number of nitrogens with one attached hydrogen (secondary N) is 2. The van der Waals surface area contributed by atoms with Crippen molar-refractivity contribution < 1.29 is 9.90 Å². The van der Waals surface area contributed by atoms with Crippen molar-refractivity contribution in [1.29, 1.82) is 0 Å². The van der Waals surface area contributed by atoms with Crippen LogP contribution in [0.2, 0.25) is 5.02 Å². The molecule has 1 aliphatic heterocycles. The number of aliphatic hydroxyl groups excluding tert-OH is 1. The number of hydrogen-bond acceptors (Lipinski definition) is 2. The van der Waals surface area contributed by atoms with Gasteiger partial charge in [0.05, 0.1) is 6.10 Å². The molecule has 3 N–H and O–H groups in total.